The van der Waals surface area contributed by atoms with Crippen LogP contribution >= 0.6 is 7.82 Å². The smallest absolute Gasteiger partial charge is 0.387 e. The number of aliphatic hydroxyl groups is 1. The van der Waals surface area contributed by atoms with Gasteiger partial charge in [0.25, 0.3) is 0 Å². The van der Waals surface area contributed by atoms with Crippen LogP contribution in [0.15, 0.2) is 36.5 Å². The van der Waals surface area contributed by atoms with Gasteiger partial charge in [0.2, 0.25) is 5.91 Å². The third-order valence-electron chi connectivity index (χ3n) is 14.4. The Kier molecular flexibility index (Phi) is 53.5. The van der Waals surface area contributed by atoms with Crippen LogP contribution in [0.25, 0.3) is 0 Å². The highest BCUT2D eigenvalue weighted by molar-refractivity contribution is 7.47. The summed E-state index contributed by atoms with van der Waals surface area (Å²) in [6.45, 7) is 4.83. The minimum atomic E-state index is -4.34. The minimum Gasteiger partial charge on any atom is -0.387 e. The van der Waals surface area contributed by atoms with Gasteiger partial charge in [-0.3, -0.25) is 13.8 Å². The number of nitrogens with zero attached hydrogens (tertiary/aromatic N) is 1. The van der Waals surface area contributed by atoms with Crippen LogP contribution in [0.5, 0.6) is 0 Å². The predicted octanol–water partition coefficient (Wildman–Crippen LogP) is 19.3. The van der Waals surface area contributed by atoms with E-state index in [0.717, 1.165) is 44.9 Å². The first kappa shape index (κ1) is 70.7. The number of hydrogen-bond acceptors (Lipinski definition) is 5. The summed E-state index contributed by atoms with van der Waals surface area (Å²) in [7, 11) is 1.58. The zero-order valence-corrected chi connectivity index (χ0v) is 49.6. The number of quaternary nitrogens is 1. The Labute approximate surface area is 448 Å². The summed E-state index contributed by atoms with van der Waals surface area (Å²) in [4.78, 5) is 23.2. The maximum atomic E-state index is 12.9. The van der Waals surface area contributed by atoms with Gasteiger partial charge >= 0.3 is 7.82 Å². The van der Waals surface area contributed by atoms with Crippen molar-refractivity contribution in [3.05, 3.63) is 36.5 Å². The highest BCUT2D eigenvalue weighted by atomic mass is 31.2. The van der Waals surface area contributed by atoms with Gasteiger partial charge in [-0.25, -0.2) is 4.57 Å². The van der Waals surface area contributed by atoms with Gasteiger partial charge in [-0.15, -0.1) is 0 Å². The lowest BCUT2D eigenvalue weighted by atomic mass is 10.0. The van der Waals surface area contributed by atoms with Crippen molar-refractivity contribution in [3.8, 4) is 0 Å². The van der Waals surface area contributed by atoms with Crippen LogP contribution < -0.4 is 5.32 Å². The van der Waals surface area contributed by atoms with Gasteiger partial charge in [0.15, 0.2) is 0 Å². The fourth-order valence-electron chi connectivity index (χ4n) is 9.43. The van der Waals surface area contributed by atoms with Gasteiger partial charge in [0, 0.05) is 6.42 Å². The van der Waals surface area contributed by atoms with E-state index in [1.54, 1.807) is 6.08 Å². The molecule has 0 rings (SSSR count). The molecule has 72 heavy (non-hydrogen) atoms. The largest absolute Gasteiger partial charge is 0.472 e. The number of amides is 1. The van der Waals surface area contributed by atoms with Crippen molar-refractivity contribution in [1.82, 2.24) is 5.32 Å². The molecule has 0 aromatic carbocycles. The van der Waals surface area contributed by atoms with Crippen LogP contribution in [-0.2, 0) is 18.4 Å². The van der Waals surface area contributed by atoms with E-state index < -0.39 is 20.0 Å². The average Bonchev–Trinajstić information content (AvgIpc) is 3.34. The number of allylic oxidation sites excluding steroid dienone is 5. The van der Waals surface area contributed by atoms with Gasteiger partial charge < -0.3 is 19.8 Å². The highest BCUT2D eigenvalue weighted by Crippen LogP contribution is 2.43. The molecule has 0 aromatic heterocycles. The van der Waals surface area contributed by atoms with E-state index in [1.165, 1.54) is 244 Å². The molecular weight excluding hydrogens is 912 g/mol. The summed E-state index contributed by atoms with van der Waals surface area (Å²) in [5.74, 6) is -0.175. The molecule has 0 aromatic rings. The molecule has 0 spiro atoms. The molecular formula is C63H124N2O6P+. The molecule has 0 aliphatic carbocycles. The molecule has 9 heteroatoms. The van der Waals surface area contributed by atoms with E-state index >= 15 is 0 Å². The van der Waals surface area contributed by atoms with Crippen molar-refractivity contribution < 1.29 is 32.9 Å². The van der Waals surface area contributed by atoms with Crippen molar-refractivity contribution in [1.29, 1.82) is 0 Å². The van der Waals surface area contributed by atoms with Crippen LogP contribution in [0.2, 0.25) is 0 Å². The molecule has 0 aliphatic heterocycles. The molecule has 0 bridgehead atoms. The average molecular weight is 1040 g/mol. The SMILES string of the molecule is CCCCCCCCCCC/C=C/C(O)C(COP(=O)(O)OCC[N+](C)(C)C)NC(=O)CCCCCCCCCCCCCCCCCCC/C=C\C/C=C\CCCCCCCCCCCCCCCCC. The molecule has 0 radical (unpaired) electrons. The first-order chi connectivity index (χ1) is 35.0. The minimum absolute atomic E-state index is 0.0625. The maximum absolute atomic E-state index is 12.9. The second-order valence-electron chi connectivity index (χ2n) is 22.8. The van der Waals surface area contributed by atoms with E-state index in [9.17, 15) is 19.4 Å². The Morgan fingerprint density at radius 1 is 0.472 bits per heavy atom. The van der Waals surface area contributed by atoms with Crippen LogP contribution in [0.1, 0.15) is 309 Å². The first-order valence-corrected chi connectivity index (χ1v) is 32.9. The Morgan fingerprint density at radius 3 is 1.14 bits per heavy atom. The molecule has 0 aliphatic rings. The Bertz CT molecular complexity index is 1270. The van der Waals surface area contributed by atoms with Crippen LogP contribution in [0, 0.1) is 0 Å². The molecule has 0 fully saturated rings. The number of phosphoric acid groups is 1. The third kappa shape index (κ3) is 56.4. The van der Waals surface area contributed by atoms with Crippen molar-refractivity contribution in [2.24, 2.45) is 0 Å². The van der Waals surface area contributed by atoms with E-state index in [0.29, 0.717) is 17.4 Å². The van der Waals surface area contributed by atoms with Gasteiger partial charge in [0.1, 0.15) is 13.2 Å². The zero-order chi connectivity index (χ0) is 52.7. The fraction of sp³-hybridized carbons (Fsp3) is 0.889. The molecule has 0 heterocycles. The second-order valence-corrected chi connectivity index (χ2v) is 24.2. The Morgan fingerprint density at radius 2 is 0.792 bits per heavy atom. The summed E-state index contributed by atoms with van der Waals surface area (Å²) in [6.07, 6.45) is 71.5. The fourth-order valence-corrected chi connectivity index (χ4v) is 10.2. The van der Waals surface area contributed by atoms with Crippen molar-refractivity contribution in [2.75, 3.05) is 40.9 Å². The summed E-state index contributed by atoms with van der Waals surface area (Å²) in [5, 5.41) is 13.9. The number of carbonyl (C=O) groups is 1. The second kappa shape index (κ2) is 54.5. The van der Waals surface area contributed by atoms with Gasteiger partial charge in [-0.1, -0.05) is 288 Å². The molecule has 8 nitrogen and oxygen atoms in total. The highest BCUT2D eigenvalue weighted by Gasteiger charge is 2.27. The van der Waals surface area contributed by atoms with Gasteiger partial charge in [-0.05, 0) is 51.4 Å². The zero-order valence-electron chi connectivity index (χ0n) is 48.7. The number of likely N-dealkylation sites (N-methyl/N-ethyl adjacent to an activating group) is 1. The topological polar surface area (TPSA) is 105 Å². The lowest BCUT2D eigenvalue weighted by Crippen LogP contribution is -2.45. The van der Waals surface area contributed by atoms with Crippen LogP contribution in [0.4, 0.5) is 0 Å². The maximum Gasteiger partial charge on any atom is 0.472 e. The normalized spacial score (nSPS) is 14.0. The molecule has 0 saturated carbocycles. The lowest BCUT2D eigenvalue weighted by molar-refractivity contribution is -0.870. The number of unbranched alkanes of at least 4 members (excludes halogenated alkanes) is 41. The lowest BCUT2D eigenvalue weighted by Gasteiger charge is -2.25. The number of hydrogen-bond donors (Lipinski definition) is 3. The summed E-state index contributed by atoms with van der Waals surface area (Å²) >= 11 is 0. The standard InChI is InChI=1S/C63H123N2O6P/c1-6-8-10-12-14-16-18-19-20-21-22-23-24-25-26-27-28-29-30-31-32-33-34-35-36-37-38-39-40-41-42-43-44-45-47-49-51-53-55-57-63(67)64-61(60-71-72(68,69)70-59-58-65(3,4)5)62(66)56-54-52-50-48-46-17-15-13-11-9-7-2/h28-29,31-32,54,56,61-62,66H,6-27,30,33-53,55,57-60H2,1-5H3,(H-,64,67,68,69)/p+1/b29-28-,32-31-,56-54+. The number of aliphatic hydroxyl groups excluding tert-OH is 1. The van der Waals surface area contributed by atoms with Crippen molar-refractivity contribution in [3.63, 3.8) is 0 Å². The van der Waals surface area contributed by atoms with Crippen molar-refractivity contribution in [2.45, 2.75) is 321 Å². The van der Waals surface area contributed by atoms with Crippen LogP contribution in [0.3, 0.4) is 0 Å². The van der Waals surface area contributed by atoms with Crippen molar-refractivity contribution >= 4 is 13.7 Å². The molecule has 3 unspecified atom stereocenters. The van der Waals surface area contributed by atoms with E-state index in [4.69, 9.17) is 9.05 Å². The monoisotopic (exact) mass is 1040 g/mol. The Hall–Kier alpha value is -1.28. The molecule has 426 valence electrons. The molecule has 1 amide bonds. The molecule has 3 atom stereocenters. The summed E-state index contributed by atoms with van der Waals surface area (Å²) < 4.78 is 23.6. The number of rotatable bonds is 58. The predicted molar refractivity (Wildman–Crippen MR) is 314 cm³/mol. The molecule has 3 N–H and O–H groups in total. The number of phosphoric ester groups is 1. The van der Waals surface area contributed by atoms with Gasteiger partial charge in [0.05, 0.1) is 39.9 Å². The number of nitrogens with one attached hydrogen (secondary N) is 1. The Balaban J connectivity index is 3.86. The van der Waals surface area contributed by atoms with Crippen LogP contribution in [-0.4, -0.2) is 73.4 Å². The van der Waals surface area contributed by atoms with E-state index in [-0.39, 0.29) is 19.1 Å². The first-order valence-electron chi connectivity index (χ1n) is 31.4. The number of carbonyl (C=O) groups excluding carboxylic acids is 1. The summed E-state index contributed by atoms with van der Waals surface area (Å²) in [5.41, 5.74) is 0. The quantitative estimate of drug-likeness (QED) is 0.0243. The van der Waals surface area contributed by atoms with E-state index in [1.807, 2.05) is 27.2 Å². The van der Waals surface area contributed by atoms with E-state index in [2.05, 4.69) is 43.5 Å². The van der Waals surface area contributed by atoms with Gasteiger partial charge in [-0.2, -0.15) is 0 Å². The summed E-state index contributed by atoms with van der Waals surface area (Å²) in [6, 6.07) is -0.844. The molecule has 0 saturated heterocycles. The third-order valence-corrected chi connectivity index (χ3v) is 15.3.